The summed E-state index contributed by atoms with van der Waals surface area (Å²) in [6, 6.07) is 10.0. The summed E-state index contributed by atoms with van der Waals surface area (Å²) < 4.78 is 7.09. The number of nitrogens with zero attached hydrogens (tertiary/aromatic N) is 3. The maximum atomic E-state index is 12.9. The summed E-state index contributed by atoms with van der Waals surface area (Å²) in [5.74, 6) is 0.261. The lowest BCUT2D eigenvalue weighted by Crippen LogP contribution is -2.16. The average molecular weight is 541 g/mol. The Morgan fingerprint density at radius 2 is 1.86 bits per heavy atom. The molecule has 1 N–H and O–H groups in total. The quantitative estimate of drug-likeness (QED) is 0.182. The van der Waals surface area contributed by atoms with Gasteiger partial charge in [-0.25, -0.2) is 4.79 Å². The van der Waals surface area contributed by atoms with Gasteiger partial charge >= 0.3 is 5.97 Å². The fourth-order valence-corrected chi connectivity index (χ4v) is 6.26. The van der Waals surface area contributed by atoms with E-state index in [-0.39, 0.29) is 11.7 Å². The first-order valence-electron chi connectivity index (χ1n) is 11.7. The maximum Gasteiger partial charge on any atom is 0.341 e. The molecule has 4 rings (SSSR count). The van der Waals surface area contributed by atoms with Crippen molar-refractivity contribution in [3.05, 3.63) is 57.1 Å². The van der Waals surface area contributed by atoms with Crippen LogP contribution in [0.3, 0.4) is 0 Å². The third-order valence-electron chi connectivity index (χ3n) is 5.55. The van der Waals surface area contributed by atoms with Crippen molar-refractivity contribution in [1.29, 1.82) is 0 Å². The molecular formula is C26H28N4O3S3. The van der Waals surface area contributed by atoms with Crippen LogP contribution in [-0.2, 0) is 22.5 Å². The molecule has 3 aromatic heterocycles. The van der Waals surface area contributed by atoms with E-state index < -0.39 is 5.97 Å². The van der Waals surface area contributed by atoms with Gasteiger partial charge in [0.2, 0.25) is 5.91 Å². The number of aromatic nitrogens is 3. The zero-order valence-corrected chi connectivity index (χ0v) is 23.1. The number of nitrogens with one attached hydrogen (secondary N) is 1. The number of carbonyl (C=O) groups is 2. The molecule has 0 atom stereocenters. The Balaban J connectivity index is 1.50. The number of rotatable bonds is 10. The van der Waals surface area contributed by atoms with Gasteiger partial charge in [-0.2, -0.15) is 0 Å². The van der Waals surface area contributed by atoms with Crippen molar-refractivity contribution in [1.82, 2.24) is 14.8 Å². The molecule has 3 heterocycles. The van der Waals surface area contributed by atoms with E-state index >= 15 is 0 Å². The van der Waals surface area contributed by atoms with Gasteiger partial charge in [-0.1, -0.05) is 55.4 Å². The van der Waals surface area contributed by atoms with Gasteiger partial charge in [0.25, 0.3) is 0 Å². The van der Waals surface area contributed by atoms with Gasteiger partial charge in [0.05, 0.1) is 12.9 Å². The Hall–Kier alpha value is -2.95. The number of thiophene rings is 2. The van der Waals surface area contributed by atoms with Crippen molar-refractivity contribution in [3.8, 4) is 22.5 Å². The first kappa shape index (κ1) is 26.1. The Labute approximate surface area is 222 Å². The molecule has 0 aliphatic heterocycles. The standard InChI is InChI=1S/C26H28N4O3S3/c1-5-11-30-23(18-12-19(6-2)34-13-18)28-29-26(30)36-15-21(31)27-24-22(25(32)33-4)20(14-35-24)17-9-7-16(3)8-10-17/h7-10,12-14H,5-6,11,15H2,1-4H3,(H,27,31). The Kier molecular flexibility index (Phi) is 8.60. The highest BCUT2D eigenvalue weighted by Crippen LogP contribution is 2.36. The van der Waals surface area contributed by atoms with E-state index in [2.05, 4.69) is 45.4 Å². The van der Waals surface area contributed by atoms with Crippen LogP contribution in [-0.4, -0.2) is 39.5 Å². The second-order valence-electron chi connectivity index (χ2n) is 8.16. The van der Waals surface area contributed by atoms with E-state index in [9.17, 15) is 9.59 Å². The van der Waals surface area contributed by atoms with E-state index in [0.717, 1.165) is 47.5 Å². The zero-order chi connectivity index (χ0) is 25.7. The van der Waals surface area contributed by atoms with E-state index in [1.165, 1.54) is 35.1 Å². The Morgan fingerprint density at radius 1 is 1.08 bits per heavy atom. The number of anilines is 1. The minimum absolute atomic E-state index is 0.143. The second kappa shape index (κ2) is 11.9. The summed E-state index contributed by atoms with van der Waals surface area (Å²) in [6.45, 7) is 7.01. The third kappa shape index (κ3) is 5.71. The predicted octanol–water partition coefficient (Wildman–Crippen LogP) is 6.53. The molecule has 36 heavy (non-hydrogen) atoms. The van der Waals surface area contributed by atoms with Crippen LogP contribution in [0.4, 0.5) is 5.00 Å². The summed E-state index contributed by atoms with van der Waals surface area (Å²) in [6.07, 6.45) is 1.91. The molecule has 0 fully saturated rings. The second-order valence-corrected chi connectivity index (χ2v) is 11.0. The SMILES string of the molecule is CCCn1c(SCC(=O)Nc2scc(-c3ccc(C)cc3)c2C(=O)OC)nnc1-c1csc(CC)c1. The lowest BCUT2D eigenvalue weighted by Gasteiger charge is -2.09. The van der Waals surface area contributed by atoms with E-state index in [0.29, 0.717) is 15.7 Å². The van der Waals surface area contributed by atoms with Gasteiger partial charge in [-0.3, -0.25) is 4.79 Å². The molecule has 4 aromatic rings. The van der Waals surface area contributed by atoms with Crippen LogP contribution in [0.2, 0.25) is 0 Å². The number of amides is 1. The fraction of sp³-hybridized carbons (Fsp3) is 0.308. The van der Waals surface area contributed by atoms with Gasteiger partial charge in [-0.05, 0) is 31.4 Å². The molecular weight excluding hydrogens is 513 g/mol. The van der Waals surface area contributed by atoms with Gasteiger partial charge in [0.15, 0.2) is 11.0 Å². The summed E-state index contributed by atoms with van der Waals surface area (Å²) in [5.41, 5.74) is 4.18. The van der Waals surface area contributed by atoms with Gasteiger partial charge < -0.3 is 14.6 Å². The molecule has 0 aliphatic rings. The van der Waals surface area contributed by atoms with Crippen LogP contribution in [0.25, 0.3) is 22.5 Å². The number of hydrogen-bond donors (Lipinski definition) is 1. The van der Waals surface area contributed by atoms with Crippen molar-refractivity contribution in [3.63, 3.8) is 0 Å². The molecule has 0 aliphatic carbocycles. The first-order valence-corrected chi connectivity index (χ1v) is 14.4. The van der Waals surface area contributed by atoms with Crippen molar-refractivity contribution in [2.75, 3.05) is 18.2 Å². The first-order chi connectivity index (χ1) is 17.4. The van der Waals surface area contributed by atoms with Crippen molar-refractivity contribution in [2.45, 2.75) is 45.3 Å². The monoisotopic (exact) mass is 540 g/mol. The van der Waals surface area contributed by atoms with E-state index in [1.807, 2.05) is 36.6 Å². The summed E-state index contributed by atoms with van der Waals surface area (Å²) in [4.78, 5) is 26.8. The normalized spacial score (nSPS) is 11.0. The van der Waals surface area contributed by atoms with Crippen molar-refractivity contribution >= 4 is 51.3 Å². The molecule has 1 amide bonds. The summed E-state index contributed by atoms with van der Waals surface area (Å²) in [7, 11) is 1.34. The Bertz CT molecular complexity index is 1360. The zero-order valence-electron chi connectivity index (χ0n) is 20.7. The fourth-order valence-electron chi connectivity index (χ4n) is 3.71. The van der Waals surface area contributed by atoms with Crippen molar-refractivity contribution < 1.29 is 14.3 Å². The largest absolute Gasteiger partial charge is 0.465 e. The lowest BCUT2D eigenvalue weighted by atomic mass is 10.0. The third-order valence-corrected chi connectivity index (χ3v) is 8.50. The van der Waals surface area contributed by atoms with Crippen LogP contribution in [0.15, 0.2) is 46.2 Å². The number of carbonyl (C=O) groups excluding carboxylic acids is 2. The van der Waals surface area contributed by atoms with E-state index in [1.54, 1.807) is 11.3 Å². The molecule has 1 aromatic carbocycles. The van der Waals surface area contributed by atoms with Crippen molar-refractivity contribution in [2.24, 2.45) is 0 Å². The van der Waals surface area contributed by atoms with Crippen LogP contribution in [0.1, 0.15) is 41.1 Å². The molecule has 7 nitrogen and oxygen atoms in total. The molecule has 0 spiro atoms. The molecule has 0 unspecified atom stereocenters. The van der Waals surface area contributed by atoms with Crippen LogP contribution >= 0.6 is 34.4 Å². The number of hydrogen-bond acceptors (Lipinski definition) is 8. The number of thioether (sulfide) groups is 1. The lowest BCUT2D eigenvalue weighted by molar-refractivity contribution is -0.113. The van der Waals surface area contributed by atoms with E-state index in [4.69, 9.17) is 4.74 Å². The number of aryl methyl sites for hydroxylation is 2. The smallest absolute Gasteiger partial charge is 0.341 e. The number of ether oxygens (including phenoxy) is 1. The number of esters is 1. The topological polar surface area (TPSA) is 86.1 Å². The molecule has 0 bridgehead atoms. The average Bonchev–Trinajstić information content (AvgIpc) is 3.61. The number of benzene rings is 1. The van der Waals surface area contributed by atoms with Gasteiger partial charge in [-0.15, -0.1) is 32.9 Å². The molecule has 0 radical (unpaired) electrons. The highest BCUT2D eigenvalue weighted by Gasteiger charge is 2.23. The van der Waals surface area contributed by atoms with Crippen LogP contribution in [0, 0.1) is 6.92 Å². The van der Waals surface area contributed by atoms with Crippen LogP contribution < -0.4 is 5.32 Å². The number of methoxy groups -OCH3 is 1. The molecule has 188 valence electrons. The minimum atomic E-state index is -0.482. The minimum Gasteiger partial charge on any atom is -0.465 e. The molecule has 0 saturated heterocycles. The van der Waals surface area contributed by atoms with Gasteiger partial charge in [0.1, 0.15) is 10.6 Å². The van der Waals surface area contributed by atoms with Gasteiger partial charge in [0, 0.05) is 33.3 Å². The highest BCUT2D eigenvalue weighted by molar-refractivity contribution is 7.99. The Morgan fingerprint density at radius 3 is 2.53 bits per heavy atom. The highest BCUT2D eigenvalue weighted by atomic mass is 32.2. The summed E-state index contributed by atoms with van der Waals surface area (Å²) in [5, 5.41) is 16.8. The molecule has 10 heteroatoms. The van der Waals surface area contributed by atoms with Crippen LogP contribution in [0.5, 0.6) is 0 Å². The summed E-state index contributed by atoms with van der Waals surface area (Å²) >= 11 is 4.37. The predicted molar refractivity (Wildman–Crippen MR) is 148 cm³/mol. The maximum absolute atomic E-state index is 12.9. The molecule has 0 saturated carbocycles.